The van der Waals surface area contributed by atoms with Gasteiger partial charge in [0, 0.05) is 5.56 Å². The van der Waals surface area contributed by atoms with Gasteiger partial charge in [-0.2, -0.15) is 5.26 Å². The SMILES string of the molecule is CCCOc1ccc(-c2[nH]nc3c2C(c2ccc(OCc4ccccc4)cc2)C(C#N)=C(N)O3)cc1. The first-order valence-electron chi connectivity index (χ1n) is 11.8. The summed E-state index contributed by atoms with van der Waals surface area (Å²) in [6.07, 6.45) is 0.940. The van der Waals surface area contributed by atoms with Gasteiger partial charge in [-0.1, -0.05) is 49.4 Å². The Morgan fingerprint density at radius 2 is 1.67 bits per heavy atom. The third-order valence-electron chi connectivity index (χ3n) is 6.02. The van der Waals surface area contributed by atoms with Crippen molar-refractivity contribution in [3.05, 3.63) is 107 Å². The van der Waals surface area contributed by atoms with Crippen LogP contribution in [0.2, 0.25) is 0 Å². The second-order valence-electron chi connectivity index (χ2n) is 8.46. The zero-order chi connectivity index (χ0) is 24.9. The molecule has 0 bridgehead atoms. The molecule has 4 aromatic rings. The quantitative estimate of drug-likeness (QED) is 0.338. The first-order chi connectivity index (χ1) is 17.7. The molecule has 1 aliphatic rings. The smallest absolute Gasteiger partial charge is 0.244 e. The number of rotatable bonds is 8. The summed E-state index contributed by atoms with van der Waals surface area (Å²) >= 11 is 0. The van der Waals surface area contributed by atoms with Crippen LogP contribution in [0.5, 0.6) is 17.4 Å². The molecule has 1 aliphatic heterocycles. The average Bonchev–Trinajstić information content (AvgIpc) is 3.34. The number of ether oxygens (including phenoxy) is 3. The Morgan fingerprint density at radius 1 is 0.972 bits per heavy atom. The highest BCUT2D eigenvalue weighted by molar-refractivity contribution is 5.71. The molecule has 2 heterocycles. The van der Waals surface area contributed by atoms with Crippen molar-refractivity contribution < 1.29 is 14.2 Å². The molecular weight excluding hydrogens is 452 g/mol. The molecule has 5 rings (SSSR count). The van der Waals surface area contributed by atoms with Gasteiger partial charge in [0.25, 0.3) is 0 Å². The fourth-order valence-electron chi connectivity index (χ4n) is 4.23. The summed E-state index contributed by atoms with van der Waals surface area (Å²) in [5, 5.41) is 17.4. The van der Waals surface area contributed by atoms with Crippen LogP contribution >= 0.6 is 0 Å². The standard InChI is InChI=1S/C29H26N4O3/c1-2-16-34-22-14-10-21(11-15-22)27-26-25(24(17-30)28(31)36-29(26)33-32-27)20-8-12-23(13-9-20)35-18-19-6-4-3-5-7-19/h3-15,25H,2,16,18,31H2,1H3,(H,32,33). The fourth-order valence-corrected chi connectivity index (χ4v) is 4.23. The van der Waals surface area contributed by atoms with Crippen LogP contribution < -0.4 is 19.9 Å². The molecule has 7 heteroatoms. The van der Waals surface area contributed by atoms with Crippen LogP contribution in [-0.4, -0.2) is 16.8 Å². The van der Waals surface area contributed by atoms with Gasteiger partial charge in [-0.15, -0.1) is 5.10 Å². The summed E-state index contributed by atoms with van der Waals surface area (Å²) < 4.78 is 17.4. The van der Waals surface area contributed by atoms with Gasteiger partial charge < -0.3 is 19.9 Å². The number of allylic oxidation sites excluding steroid dienone is 1. The summed E-state index contributed by atoms with van der Waals surface area (Å²) in [4.78, 5) is 0. The lowest BCUT2D eigenvalue weighted by molar-refractivity contribution is 0.306. The van der Waals surface area contributed by atoms with Crippen molar-refractivity contribution in [2.75, 3.05) is 6.61 Å². The molecule has 0 radical (unpaired) electrons. The van der Waals surface area contributed by atoms with Crippen LogP contribution in [0, 0.1) is 11.3 Å². The van der Waals surface area contributed by atoms with E-state index in [2.05, 4.69) is 23.2 Å². The maximum absolute atomic E-state index is 9.96. The lowest BCUT2D eigenvalue weighted by Crippen LogP contribution is -2.21. The molecule has 0 aliphatic carbocycles. The highest BCUT2D eigenvalue weighted by Gasteiger charge is 2.35. The Kier molecular flexibility index (Phi) is 6.59. The van der Waals surface area contributed by atoms with Crippen LogP contribution in [0.25, 0.3) is 11.3 Å². The normalized spacial score (nSPS) is 14.5. The van der Waals surface area contributed by atoms with Gasteiger partial charge in [0.1, 0.15) is 29.7 Å². The molecule has 0 amide bonds. The number of H-pyrrole nitrogens is 1. The number of hydrogen-bond donors (Lipinski definition) is 2. The minimum absolute atomic E-state index is 0.0563. The summed E-state index contributed by atoms with van der Waals surface area (Å²) in [6.45, 7) is 3.20. The predicted molar refractivity (Wildman–Crippen MR) is 136 cm³/mol. The zero-order valence-electron chi connectivity index (χ0n) is 19.9. The van der Waals surface area contributed by atoms with Crippen molar-refractivity contribution in [3.63, 3.8) is 0 Å². The number of aromatic amines is 1. The summed E-state index contributed by atoms with van der Waals surface area (Å²) in [7, 11) is 0. The number of nitrogens with one attached hydrogen (secondary N) is 1. The first-order valence-corrected chi connectivity index (χ1v) is 11.8. The van der Waals surface area contributed by atoms with Crippen molar-refractivity contribution in [3.8, 4) is 34.7 Å². The summed E-state index contributed by atoms with van der Waals surface area (Å²) in [6, 6.07) is 27.7. The number of nitriles is 1. The Morgan fingerprint density at radius 3 is 2.36 bits per heavy atom. The van der Waals surface area contributed by atoms with Gasteiger partial charge in [0.05, 0.1) is 23.8 Å². The second-order valence-corrected chi connectivity index (χ2v) is 8.46. The molecule has 1 aromatic heterocycles. The van der Waals surface area contributed by atoms with Gasteiger partial charge in [0.2, 0.25) is 11.8 Å². The van der Waals surface area contributed by atoms with Crippen molar-refractivity contribution >= 4 is 0 Å². The van der Waals surface area contributed by atoms with E-state index in [0.717, 1.165) is 45.9 Å². The minimum atomic E-state index is -0.438. The van der Waals surface area contributed by atoms with Gasteiger partial charge >= 0.3 is 0 Å². The highest BCUT2D eigenvalue weighted by atomic mass is 16.5. The Balaban J connectivity index is 1.46. The average molecular weight is 479 g/mol. The summed E-state index contributed by atoms with van der Waals surface area (Å²) in [5.41, 5.74) is 10.9. The van der Waals surface area contributed by atoms with Gasteiger partial charge in [-0.3, -0.25) is 5.10 Å². The van der Waals surface area contributed by atoms with E-state index in [1.165, 1.54) is 0 Å². The number of fused-ring (bicyclic) bond motifs is 1. The van der Waals surface area contributed by atoms with E-state index in [-0.39, 0.29) is 5.88 Å². The molecule has 0 saturated heterocycles. The zero-order valence-corrected chi connectivity index (χ0v) is 19.9. The van der Waals surface area contributed by atoms with Crippen LogP contribution in [-0.2, 0) is 6.61 Å². The Bertz CT molecular complexity index is 1400. The first kappa shape index (κ1) is 23.1. The molecule has 1 unspecified atom stereocenters. The van der Waals surface area contributed by atoms with Gasteiger partial charge in [-0.25, -0.2) is 0 Å². The van der Waals surface area contributed by atoms with Crippen molar-refractivity contribution in [1.82, 2.24) is 10.2 Å². The van der Waals surface area contributed by atoms with Gasteiger partial charge in [-0.05, 0) is 53.9 Å². The second kappa shape index (κ2) is 10.3. The van der Waals surface area contributed by atoms with Crippen LogP contribution in [0.1, 0.15) is 36.0 Å². The highest BCUT2D eigenvalue weighted by Crippen LogP contribution is 2.46. The Hall–Kier alpha value is -4.70. The lowest BCUT2D eigenvalue weighted by atomic mass is 9.83. The largest absolute Gasteiger partial charge is 0.494 e. The number of benzene rings is 3. The van der Waals surface area contributed by atoms with Crippen LogP contribution in [0.3, 0.4) is 0 Å². The van der Waals surface area contributed by atoms with E-state index in [1.807, 2.05) is 78.9 Å². The van der Waals surface area contributed by atoms with E-state index < -0.39 is 5.92 Å². The maximum atomic E-state index is 9.96. The molecule has 0 spiro atoms. The van der Waals surface area contributed by atoms with Crippen LogP contribution in [0.4, 0.5) is 0 Å². The van der Waals surface area contributed by atoms with Crippen LogP contribution in [0.15, 0.2) is 90.3 Å². The number of aromatic nitrogens is 2. The molecule has 3 aromatic carbocycles. The van der Waals surface area contributed by atoms with E-state index >= 15 is 0 Å². The number of hydrogen-bond acceptors (Lipinski definition) is 6. The lowest BCUT2D eigenvalue weighted by Gasteiger charge is -2.24. The fraction of sp³-hybridized carbons (Fsp3) is 0.172. The number of nitrogens with zero attached hydrogens (tertiary/aromatic N) is 2. The minimum Gasteiger partial charge on any atom is -0.494 e. The monoisotopic (exact) mass is 478 g/mol. The third-order valence-corrected chi connectivity index (χ3v) is 6.02. The Labute approximate surface area is 209 Å². The maximum Gasteiger partial charge on any atom is 0.244 e. The van der Waals surface area contributed by atoms with E-state index in [9.17, 15) is 5.26 Å². The molecule has 36 heavy (non-hydrogen) atoms. The van der Waals surface area contributed by atoms with Crippen molar-refractivity contribution in [2.24, 2.45) is 5.73 Å². The van der Waals surface area contributed by atoms with E-state index in [1.54, 1.807) is 0 Å². The van der Waals surface area contributed by atoms with Crippen molar-refractivity contribution in [2.45, 2.75) is 25.9 Å². The van der Waals surface area contributed by atoms with Gasteiger partial charge in [0.15, 0.2) is 0 Å². The molecule has 3 N–H and O–H groups in total. The molecule has 0 fully saturated rings. The molecule has 0 saturated carbocycles. The topological polar surface area (TPSA) is 106 Å². The third kappa shape index (κ3) is 4.62. The van der Waals surface area contributed by atoms with E-state index in [4.69, 9.17) is 19.9 Å². The molecule has 7 nitrogen and oxygen atoms in total. The van der Waals surface area contributed by atoms with Crippen molar-refractivity contribution in [1.29, 1.82) is 5.26 Å². The molecule has 1 atom stereocenters. The molecule has 180 valence electrons. The number of nitrogens with two attached hydrogens (primary N) is 1. The summed E-state index contributed by atoms with van der Waals surface area (Å²) in [5.74, 6) is 1.52. The molecular formula is C29H26N4O3. The van der Waals surface area contributed by atoms with E-state index in [0.29, 0.717) is 24.7 Å². The predicted octanol–water partition coefficient (Wildman–Crippen LogP) is 5.66.